The summed E-state index contributed by atoms with van der Waals surface area (Å²) in [6, 6.07) is 1.61. The lowest BCUT2D eigenvalue weighted by molar-refractivity contribution is -0.118. The van der Waals surface area contributed by atoms with Crippen molar-refractivity contribution in [3.8, 4) is 0 Å². The first kappa shape index (κ1) is 13.2. The highest BCUT2D eigenvalue weighted by atomic mass is 16.1. The van der Waals surface area contributed by atoms with E-state index in [-0.39, 0.29) is 17.9 Å². The first-order chi connectivity index (χ1) is 7.82. The standard InChI is InChI=1S/C11H19N5O/c1-11(2,3)10-15-7(12)5-8(16-10)14-6-9(17)13-4/h5H,6H2,1-4H3,(H,13,17)(H3,12,14,15,16). The Morgan fingerprint density at radius 2 is 2.06 bits per heavy atom. The van der Waals surface area contributed by atoms with E-state index < -0.39 is 0 Å². The van der Waals surface area contributed by atoms with Crippen LogP contribution in [0.2, 0.25) is 0 Å². The molecule has 1 aromatic rings. The van der Waals surface area contributed by atoms with Gasteiger partial charge >= 0.3 is 0 Å². The maximum atomic E-state index is 11.1. The second kappa shape index (κ2) is 4.99. The molecule has 0 radical (unpaired) electrons. The molecule has 0 aromatic carbocycles. The zero-order valence-electron chi connectivity index (χ0n) is 10.7. The van der Waals surface area contributed by atoms with Gasteiger partial charge in [-0.25, -0.2) is 9.97 Å². The van der Waals surface area contributed by atoms with Crippen LogP contribution in [0, 0.1) is 0 Å². The molecule has 1 aromatic heterocycles. The van der Waals surface area contributed by atoms with Gasteiger partial charge in [-0.3, -0.25) is 4.79 Å². The van der Waals surface area contributed by atoms with Gasteiger partial charge in [0.25, 0.3) is 0 Å². The van der Waals surface area contributed by atoms with Crippen LogP contribution < -0.4 is 16.4 Å². The Balaban J connectivity index is 2.87. The number of hydrogen-bond acceptors (Lipinski definition) is 5. The monoisotopic (exact) mass is 237 g/mol. The second-order valence-electron chi connectivity index (χ2n) is 4.78. The minimum Gasteiger partial charge on any atom is -0.384 e. The number of nitrogens with zero attached hydrogens (tertiary/aromatic N) is 2. The number of hydrogen-bond donors (Lipinski definition) is 3. The quantitative estimate of drug-likeness (QED) is 0.712. The Morgan fingerprint density at radius 1 is 1.41 bits per heavy atom. The lowest BCUT2D eigenvalue weighted by atomic mass is 9.96. The van der Waals surface area contributed by atoms with Gasteiger partial charge in [-0.2, -0.15) is 0 Å². The molecule has 1 rings (SSSR count). The SMILES string of the molecule is CNC(=O)CNc1cc(N)nc(C(C)(C)C)n1. The molecule has 17 heavy (non-hydrogen) atoms. The van der Waals surface area contributed by atoms with Crippen LogP contribution >= 0.6 is 0 Å². The fourth-order valence-electron chi connectivity index (χ4n) is 1.15. The molecule has 0 bridgehead atoms. The highest BCUT2D eigenvalue weighted by Crippen LogP contribution is 2.20. The lowest BCUT2D eigenvalue weighted by Crippen LogP contribution is -2.27. The summed E-state index contributed by atoms with van der Waals surface area (Å²) >= 11 is 0. The molecular weight excluding hydrogens is 218 g/mol. The number of amides is 1. The van der Waals surface area contributed by atoms with Crippen molar-refractivity contribution in [2.24, 2.45) is 0 Å². The molecule has 0 aliphatic carbocycles. The van der Waals surface area contributed by atoms with Gasteiger partial charge in [-0.15, -0.1) is 0 Å². The third-order valence-corrected chi connectivity index (χ3v) is 2.13. The number of carbonyl (C=O) groups excluding carboxylic acids is 1. The Kier molecular flexibility index (Phi) is 3.88. The van der Waals surface area contributed by atoms with E-state index in [1.54, 1.807) is 13.1 Å². The number of carbonyl (C=O) groups is 1. The zero-order chi connectivity index (χ0) is 13.1. The highest BCUT2D eigenvalue weighted by molar-refractivity contribution is 5.80. The summed E-state index contributed by atoms with van der Waals surface area (Å²) in [5, 5.41) is 5.42. The molecule has 0 spiro atoms. The molecule has 6 heteroatoms. The summed E-state index contributed by atoms with van der Waals surface area (Å²) in [7, 11) is 1.58. The van der Waals surface area contributed by atoms with Crippen molar-refractivity contribution < 1.29 is 4.79 Å². The van der Waals surface area contributed by atoms with Crippen molar-refractivity contribution in [2.45, 2.75) is 26.2 Å². The normalized spacial score (nSPS) is 11.1. The van der Waals surface area contributed by atoms with E-state index in [0.29, 0.717) is 17.5 Å². The van der Waals surface area contributed by atoms with Gasteiger partial charge in [0.2, 0.25) is 5.91 Å². The molecule has 0 saturated carbocycles. The van der Waals surface area contributed by atoms with E-state index in [9.17, 15) is 4.79 Å². The Hall–Kier alpha value is -1.85. The van der Waals surface area contributed by atoms with E-state index in [2.05, 4.69) is 20.6 Å². The molecule has 0 atom stereocenters. The van der Waals surface area contributed by atoms with E-state index in [1.165, 1.54) is 0 Å². The van der Waals surface area contributed by atoms with Crippen molar-refractivity contribution >= 4 is 17.5 Å². The van der Waals surface area contributed by atoms with Crippen molar-refractivity contribution in [3.63, 3.8) is 0 Å². The maximum Gasteiger partial charge on any atom is 0.239 e. The molecule has 0 unspecified atom stereocenters. The summed E-state index contributed by atoms with van der Waals surface area (Å²) in [6.45, 7) is 6.18. The summed E-state index contributed by atoms with van der Waals surface area (Å²) in [6.07, 6.45) is 0. The number of nitrogens with one attached hydrogen (secondary N) is 2. The molecule has 6 nitrogen and oxygen atoms in total. The number of rotatable bonds is 3. The average molecular weight is 237 g/mol. The Bertz CT molecular complexity index is 411. The molecule has 0 aliphatic heterocycles. The van der Waals surface area contributed by atoms with Gasteiger partial charge in [0.05, 0.1) is 6.54 Å². The van der Waals surface area contributed by atoms with Crippen LogP contribution in [0.25, 0.3) is 0 Å². The molecule has 0 aliphatic rings. The number of nitrogens with two attached hydrogens (primary N) is 1. The van der Waals surface area contributed by atoms with E-state index >= 15 is 0 Å². The van der Waals surface area contributed by atoms with Crippen molar-refractivity contribution in [1.82, 2.24) is 15.3 Å². The maximum absolute atomic E-state index is 11.1. The van der Waals surface area contributed by atoms with Crippen LogP contribution in [0.15, 0.2) is 6.07 Å². The molecule has 4 N–H and O–H groups in total. The van der Waals surface area contributed by atoms with Gasteiger partial charge in [-0.1, -0.05) is 20.8 Å². The van der Waals surface area contributed by atoms with Gasteiger partial charge in [0.1, 0.15) is 17.5 Å². The molecule has 0 saturated heterocycles. The fourth-order valence-corrected chi connectivity index (χ4v) is 1.15. The zero-order valence-corrected chi connectivity index (χ0v) is 10.7. The Morgan fingerprint density at radius 3 is 2.59 bits per heavy atom. The highest BCUT2D eigenvalue weighted by Gasteiger charge is 2.18. The average Bonchev–Trinajstić information content (AvgIpc) is 2.24. The van der Waals surface area contributed by atoms with Gasteiger partial charge in [0, 0.05) is 18.5 Å². The third kappa shape index (κ3) is 3.90. The lowest BCUT2D eigenvalue weighted by Gasteiger charge is -2.17. The van der Waals surface area contributed by atoms with Crippen LogP contribution in [0.3, 0.4) is 0 Å². The predicted octanol–water partition coefficient (Wildman–Crippen LogP) is 0.514. The number of anilines is 2. The predicted molar refractivity (Wildman–Crippen MR) is 67.7 cm³/mol. The topological polar surface area (TPSA) is 92.9 Å². The minimum absolute atomic E-state index is 0.112. The molecule has 0 fully saturated rings. The van der Waals surface area contributed by atoms with Crippen LogP contribution in [-0.2, 0) is 10.2 Å². The summed E-state index contributed by atoms with van der Waals surface area (Å²) in [4.78, 5) is 19.6. The first-order valence-corrected chi connectivity index (χ1v) is 5.42. The van der Waals surface area contributed by atoms with Gasteiger partial charge < -0.3 is 16.4 Å². The minimum atomic E-state index is -0.182. The van der Waals surface area contributed by atoms with Crippen molar-refractivity contribution in [1.29, 1.82) is 0 Å². The molecule has 1 amide bonds. The molecular formula is C11H19N5O. The number of nitrogen functional groups attached to an aromatic ring is 1. The summed E-state index contributed by atoms with van der Waals surface area (Å²) in [5.74, 6) is 1.49. The second-order valence-corrected chi connectivity index (χ2v) is 4.78. The van der Waals surface area contributed by atoms with E-state index in [0.717, 1.165) is 0 Å². The largest absolute Gasteiger partial charge is 0.384 e. The smallest absolute Gasteiger partial charge is 0.239 e. The van der Waals surface area contributed by atoms with Gasteiger partial charge in [-0.05, 0) is 0 Å². The number of likely N-dealkylation sites (N-methyl/N-ethyl adjacent to an activating group) is 1. The van der Waals surface area contributed by atoms with Crippen LogP contribution in [0.5, 0.6) is 0 Å². The van der Waals surface area contributed by atoms with E-state index in [4.69, 9.17) is 5.73 Å². The summed E-state index contributed by atoms with van der Waals surface area (Å²) < 4.78 is 0. The van der Waals surface area contributed by atoms with Crippen LogP contribution in [0.4, 0.5) is 11.6 Å². The molecule has 94 valence electrons. The fraction of sp³-hybridized carbons (Fsp3) is 0.545. The van der Waals surface area contributed by atoms with E-state index in [1.807, 2.05) is 20.8 Å². The van der Waals surface area contributed by atoms with Crippen molar-refractivity contribution in [2.75, 3.05) is 24.6 Å². The van der Waals surface area contributed by atoms with Crippen LogP contribution in [-0.4, -0.2) is 29.5 Å². The first-order valence-electron chi connectivity index (χ1n) is 5.42. The number of aromatic nitrogens is 2. The summed E-state index contributed by atoms with van der Waals surface area (Å²) in [5.41, 5.74) is 5.52. The Labute approximate surface area is 101 Å². The van der Waals surface area contributed by atoms with Crippen LogP contribution in [0.1, 0.15) is 26.6 Å². The van der Waals surface area contributed by atoms with Gasteiger partial charge in [0.15, 0.2) is 0 Å². The molecule has 1 heterocycles. The van der Waals surface area contributed by atoms with Crippen molar-refractivity contribution in [3.05, 3.63) is 11.9 Å². The third-order valence-electron chi connectivity index (χ3n) is 2.13.